The van der Waals surface area contributed by atoms with Crippen molar-refractivity contribution in [1.82, 2.24) is 4.90 Å². The van der Waals surface area contributed by atoms with Gasteiger partial charge in [0.15, 0.2) is 5.78 Å². The number of benzene rings is 3. The van der Waals surface area contributed by atoms with Crippen molar-refractivity contribution < 1.29 is 9.59 Å². The number of ketones is 1. The third kappa shape index (κ3) is 2.64. The van der Waals surface area contributed by atoms with Crippen LogP contribution < -0.4 is 5.32 Å². The number of carbonyl (C=O) groups excluding carboxylic acids is 2. The van der Waals surface area contributed by atoms with Crippen LogP contribution in [0.5, 0.6) is 0 Å². The van der Waals surface area contributed by atoms with E-state index in [-0.39, 0.29) is 17.6 Å². The number of Topliss-reactive ketones (excluding diaryl/α,β-unsaturated/α-hetero) is 1. The zero-order valence-electron chi connectivity index (χ0n) is 16.5. The van der Waals surface area contributed by atoms with E-state index in [2.05, 4.69) is 5.32 Å². The lowest BCUT2D eigenvalue weighted by molar-refractivity contribution is -0.126. The summed E-state index contributed by atoms with van der Waals surface area (Å²) in [5.41, 5.74) is 2.22. The Hall–Kier alpha value is -2.95. The lowest BCUT2D eigenvalue weighted by Gasteiger charge is -2.35. The first-order valence-electron chi connectivity index (χ1n) is 10.0. The first kappa shape index (κ1) is 19.0. The highest BCUT2D eigenvalue weighted by Crippen LogP contribution is 2.55. The number of nitrogens with zero attached hydrogens (tertiary/aromatic N) is 1. The molecule has 3 aromatic rings. The molecule has 2 aliphatic rings. The van der Waals surface area contributed by atoms with E-state index < -0.39 is 11.5 Å². The van der Waals surface area contributed by atoms with Crippen LogP contribution in [0.15, 0.2) is 78.9 Å². The van der Waals surface area contributed by atoms with Gasteiger partial charge in [-0.15, -0.1) is 0 Å². The Labute approximate surface area is 180 Å². The number of likely N-dealkylation sites (tertiary alicyclic amines) is 1. The van der Waals surface area contributed by atoms with Crippen molar-refractivity contribution in [3.8, 4) is 0 Å². The van der Waals surface area contributed by atoms with Gasteiger partial charge in [-0.05, 0) is 30.8 Å². The number of hydrogen-bond donors (Lipinski definition) is 1. The van der Waals surface area contributed by atoms with Gasteiger partial charge in [0.25, 0.3) is 0 Å². The average molecular weight is 417 g/mol. The quantitative estimate of drug-likeness (QED) is 0.629. The predicted molar refractivity (Wildman–Crippen MR) is 118 cm³/mol. The van der Waals surface area contributed by atoms with Crippen LogP contribution in [0.25, 0.3) is 0 Å². The number of para-hydroxylation sites is 1. The molecule has 1 saturated heterocycles. The molecular weight excluding hydrogens is 396 g/mol. The van der Waals surface area contributed by atoms with Crippen LogP contribution in [0.2, 0.25) is 5.02 Å². The molecular formula is C25H21ClN2O2. The van der Waals surface area contributed by atoms with Crippen LogP contribution in [0.1, 0.15) is 27.4 Å². The molecule has 0 radical (unpaired) electrons. The van der Waals surface area contributed by atoms with Gasteiger partial charge in [0, 0.05) is 34.3 Å². The van der Waals surface area contributed by atoms with E-state index in [0.29, 0.717) is 17.1 Å². The molecule has 0 unspecified atom stereocenters. The molecule has 3 aromatic carbocycles. The maximum Gasteiger partial charge on any atom is 0.250 e. The lowest BCUT2D eigenvalue weighted by atomic mass is 9.70. The zero-order chi connectivity index (χ0) is 20.9. The van der Waals surface area contributed by atoms with Crippen molar-refractivity contribution in [1.29, 1.82) is 0 Å². The van der Waals surface area contributed by atoms with Crippen LogP contribution >= 0.6 is 11.6 Å². The van der Waals surface area contributed by atoms with E-state index in [1.165, 1.54) is 0 Å². The molecule has 150 valence electrons. The van der Waals surface area contributed by atoms with Crippen LogP contribution in [-0.2, 0) is 10.3 Å². The first-order valence-corrected chi connectivity index (χ1v) is 10.4. The second-order valence-electron chi connectivity index (χ2n) is 8.01. The summed E-state index contributed by atoms with van der Waals surface area (Å²) in [5.74, 6) is -0.865. The van der Waals surface area contributed by atoms with Crippen molar-refractivity contribution >= 4 is 29.0 Å². The summed E-state index contributed by atoms with van der Waals surface area (Å²) >= 11 is 6.11. The van der Waals surface area contributed by atoms with Crippen molar-refractivity contribution in [3.05, 3.63) is 101 Å². The van der Waals surface area contributed by atoms with Crippen LogP contribution in [0.4, 0.5) is 5.69 Å². The number of nitrogens with one attached hydrogen (secondary N) is 1. The van der Waals surface area contributed by atoms with Crippen molar-refractivity contribution in [3.63, 3.8) is 0 Å². The van der Waals surface area contributed by atoms with E-state index in [1.54, 1.807) is 0 Å². The lowest BCUT2D eigenvalue weighted by Crippen LogP contribution is -2.51. The van der Waals surface area contributed by atoms with Gasteiger partial charge in [-0.25, -0.2) is 0 Å². The second-order valence-corrected chi connectivity index (χ2v) is 8.45. The average Bonchev–Trinajstić information content (AvgIpc) is 3.24. The first-order chi connectivity index (χ1) is 14.5. The number of hydrogen-bond acceptors (Lipinski definition) is 3. The molecule has 3 atom stereocenters. The minimum atomic E-state index is -1.05. The maximum absolute atomic E-state index is 13.9. The predicted octanol–water partition coefficient (Wildman–Crippen LogP) is 4.72. The van der Waals surface area contributed by atoms with Crippen LogP contribution in [0, 0.1) is 5.92 Å². The maximum atomic E-state index is 13.9. The number of amides is 1. The van der Waals surface area contributed by atoms with Crippen molar-refractivity contribution in [2.24, 2.45) is 5.92 Å². The van der Waals surface area contributed by atoms with E-state index in [1.807, 2.05) is 90.8 Å². The molecule has 1 amide bonds. The number of likely N-dealkylation sites (N-methyl/N-ethyl adjacent to an activating group) is 1. The Morgan fingerprint density at radius 1 is 1.00 bits per heavy atom. The largest absolute Gasteiger partial charge is 0.324 e. The Morgan fingerprint density at radius 3 is 2.40 bits per heavy atom. The van der Waals surface area contributed by atoms with Gasteiger partial charge in [0.1, 0.15) is 5.54 Å². The fourth-order valence-electron chi connectivity index (χ4n) is 5.19. The van der Waals surface area contributed by atoms with Gasteiger partial charge in [-0.3, -0.25) is 14.5 Å². The summed E-state index contributed by atoms with van der Waals surface area (Å²) in [5, 5.41) is 3.67. The van der Waals surface area contributed by atoms with Gasteiger partial charge in [0.2, 0.25) is 5.91 Å². The Morgan fingerprint density at radius 2 is 1.67 bits per heavy atom. The molecule has 5 heteroatoms. The van der Waals surface area contributed by atoms with Gasteiger partial charge in [-0.1, -0.05) is 72.3 Å². The molecule has 1 spiro atoms. The summed E-state index contributed by atoms with van der Waals surface area (Å²) in [4.78, 5) is 29.5. The second kappa shape index (κ2) is 7.08. The molecule has 1 fully saturated rings. The van der Waals surface area contributed by atoms with E-state index in [4.69, 9.17) is 11.6 Å². The Bertz CT molecular complexity index is 1130. The molecule has 2 aliphatic heterocycles. The molecule has 5 rings (SSSR count). The fourth-order valence-corrected chi connectivity index (χ4v) is 5.31. The van der Waals surface area contributed by atoms with Crippen molar-refractivity contribution in [2.45, 2.75) is 11.5 Å². The molecule has 0 bridgehead atoms. The standard InChI is InChI=1S/C25H21ClN2O2/c1-28-15-19(16-11-13-18(26)14-12-16)22(23(29)17-7-3-2-4-8-17)25(28)20-9-5-6-10-21(20)27-24(25)30/h2-14,19,22H,15H2,1H3,(H,27,30)/t19-,22-,25-/m1/s1. The topological polar surface area (TPSA) is 49.4 Å². The minimum absolute atomic E-state index is 0.0215. The Balaban J connectivity index is 1.73. The number of rotatable bonds is 3. The molecule has 4 nitrogen and oxygen atoms in total. The summed E-state index contributed by atoms with van der Waals surface area (Å²) in [6, 6.07) is 24.6. The molecule has 2 heterocycles. The van der Waals surface area contributed by atoms with Gasteiger partial charge in [0.05, 0.1) is 5.92 Å². The SMILES string of the molecule is CN1C[C@H](c2ccc(Cl)cc2)[C@H](C(=O)c2ccccc2)[C@]12C(=O)Nc1ccccc12. The molecule has 0 saturated carbocycles. The van der Waals surface area contributed by atoms with Gasteiger partial charge >= 0.3 is 0 Å². The molecule has 1 N–H and O–H groups in total. The summed E-state index contributed by atoms with van der Waals surface area (Å²) in [6.45, 7) is 0.590. The number of halogens is 1. The smallest absolute Gasteiger partial charge is 0.250 e. The van der Waals surface area contributed by atoms with Crippen LogP contribution in [-0.4, -0.2) is 30.2 Å². The number of carbonyl (C=O) groups is 2. The molecule has 0 aromatic heterocycles. The monoisotopic (exact) mass is 416 g/mol. The van der Waals surface area contributed by atoms with E-state index in [9.17, 15) is 9.59 Å². The molecule has 0 aliphatic carbocycles. The highest BCUT2D eigenvalue weighted by molar-refractivity contribution is 6.30. The third-order valence-electron chi connectivity index (χ3n) is 6.50. The summed E-state index contributed by atoms with van der Waals surface area (Å²) in [7, 11) is 1.93. The fraction of sp³-hybridized carbons (Fsp3) is 0.200. The molecule has 30 heavy (non-hydrogen) atoms. The van der Waals surface area contributed by atoms with Gasteiger partial charge in [-0.2, -0.15) is 0 Å². The number of anilines is 1. The summed E-state index contributed by atoms with van der Waals surface area (Å²) in [6.07, 6.45) is 0. The number of fused-ring (bicyclic) bond motifs is 2. The minimum Gasteiger partial charge on any atom is -0.324 e. The van der Waals surface area contributed by atoms with Crippen LogP contribution in [0.3, 0.4) is 0 Å². The Kier molecular flexibility index (Phi) is 4.49. The summed E-state index contributed by atoms with van der Waals surface area (Å²) < 4.78 is 0. The zero-order valence-corrected chi connectivity index (χ0v) is 17.3. The van der Waals surface area contributed by atoms with Gasteiger partial charge < -0.3 is 5.32 Å². The van der Waals surface area contributed by atoms with Crippen molar-refractivity contribution in [2.75, 3.05) is 18.9 Å². The third-order valence-corrected chi connectivity index (χ3v) is 6.75. The van der Waals surface area contributed by atoms with E-state index >= 15 is 0 Å². The highest BCUT2D eigenvalue weighted by atomic mass is 35.5. The van der Waals surface area contributed by atoms with E-state index in [0.717, 1.165) is 16.8 Å². The highest BCUT2D eigenvalue weighted by Gasteiger charge is 2.64. The normalized spacial score (nSPS) is 25.3.